The number of carboxylic acid groups (broad SMARTS) is 1. The Labute approximate surface area is 143 Å². The molecule has 0 saturated carbocycles. The summed E-state index contributed by atoms with van der Waals surface area (Å²) >= 11 is 3.34. The Hall–Kier alpha value is -1.89. The summed E-state index contributed by atoms with van der Waals surface area (Å²) in [6, 6.07) is 6.57. The number of hydrogen-bond acceptors (Lipinski definition) is 3. The van der Waals surface area contributed by atoms with E-state index >= 15 is 0 Å². The third kappa shape index (κ3) is 4.79. The second kappa shape index (κ2) is 7.59. The zero-order valence-electron chi connectivity index (χ0n) is 12.8. The predicted molar refractivity (Wildman–Crippen MR) is 87.6 cm³/mol. The first-order chi connectivity index (χ1) is 10.9. The Bertz CT molecular complexity index is 620. The van der Waals surface area contributed by atoms with Gasteiger partial charge in [-0.1, -0.05) is 28.1 Å². The maximum Gasteiger partial charge on any atom is 0.305 e. The fourth-order valence-corrected chi connectivity index (χ4v) is 3.02. The van der Waals surface area contributed by atoms with E-state index in [0.29, 0.717) is 13.0 Å². The second-order valence-electron chi connectivity index (χ2n) is 5.72. The fourth-order valence-electron chi connectivity index (χ4n) is 2.61. The van der Waals surface area contributed by atoms with Crippen molar-refractivity contribution in [3.63, 3.8) is 0 Å². The molecule has 0 spiro atoms. The van der Waals surface area contributed by atoms with Crippen LogP contribution in [0.1, 0.15) is 30.9 Å². The molecule has 1 saturated heterocycles. The standard InChI is InChI=1S/C16H19BrN2O4/c1-19-6-5-11(8-14(19)20)16(23)18-13(9-15(21)22)10-3-2-4-12(17)7-10/h2-4,7,11,13H,5-6,8-9H2,1H3,(H,18,23)(H,21,22)/t11-,13-/m1/s1. The average molecular weight is 383 g/mol. The van der Waals surface area contributed by atoms with Gasteiger partial charge in [0.05, 0.1) is 12.5 Å². The third-order valence-corrected chi connectivity index (χ3v) is 4.47. The van der Waals surface area contributed by atoms with Gasteiger partial charge in [0.2, 0.25) is 11.8 Å². The van der Waals surface area contributed by atoms with Gasteiger partial charge in [0.1, 0.15) is 0 Å². The molecule has 1 aromatic rings. The molecule has 1 aromatic carbocycles. The lowest BCUT2D eigenvalue weighted by atomic mass is 9.94. The van der Waals surface area contributed by atoms with Gasteiger partial charge < -0.3 is 15.3 Å². The Morgan fingerprint density at radius 1 is 1.48 bits per heavy atom. The summed E-state index contributed by atoms with van der Waals surface area (Å²) < 4.78 is 0.814. The minimum atomic E-state index is -0.991. The predicted octanol–water partition coefficient (Wildman–Crippen LogP) is 1.95. The van der Waals surface area contributed by atoms with Crippen LogP contribution in [0.3, 0.4) is 0 Å². The molecule has 2 N–H and O–H groups in total. The first-order valence-corrected chi connectivity index (χ1v) is 8.17. The van der Waals surface area contributed by atoms with Crippen LogP contribution in [0, 0.1) is 5.92 Å². The summed E-state index contributed by atoms with van der Waals surface area (Å²) in [5, 5.41) is 11.9. The Balaban J connectivity index is 2.10. The van der Waals surface area contributed by atoms with Crippen molar-refractivity contribution in [2.24, 2.45) is 5.92 Å². The fraction of sp³-hybridized carbons (Fsp3) is 0.438. The largest absolute Gasteiger partial charge is 0.481 e. The highest BCUT2D eigenvalue weighted by molar-refractivity contribution is 9.10. The smallest absolute Gasteiger partial charge is 0.305 e. The van der Waals surface area contributed by atoms with Gasteiger partial charge in [-0.25, -0.2) is 0 Å². The molecule has 124 valence electrons. The van der Waals surface area contributed by atoms with Crippen LogP contribution >= 0.6 is 15.9 Å². The number of amides is 2. The number of benzene rings is 1. The van der Waals surface area contributed by atoms with Gasteiger partial charge in [0.15, 0.2) is 0 Å². The molecule has 7 heteroatoms. The van der Waals surface area contributed by atoms with Crippen molar-refractivity contribution in [1.29, 1.82) is 0 Å². The van der Waals surface area contributed by atoms with Gasteiger partial charge in [-0.2, -0.15) is 0 Å². The molecule has 0 bridgehead atoms. The van der Waals surface area contributed by atoms with Crippen molar-refractivity contribution in [3.05, 3.63) is 34.3 Å². The van der Waals surface area contributed by atoms with Gasteiger partial charge in [-0.05, 0) is 24.1 Å². The topological polar surface area (TPSA) is 86.7 Å². The average Bonchev–Trinajstić information content (AvgIpc) is 2.48. The minimum absolute atomic E-state index is 0.0614. The molecule has 0 unspecified atom stereocenters. The summed E-state index contributed by atoms with van der Waals surface area (Å²) in [6.45, 7) is 0.539. The molecule has 1 aliphatic heterocycles. The first-order valence-electron chi connectivity index (χ1n) is 7.38. The Morgan fingerprint density at radius 2 is 2.22 bits per heavy atom. The van der Waals surface area contributed by atoms with E-state index in [0.717, 1.165) is 10.0 Å². The number of carboxylic acids is 1. The van der Waals surface area contributed by atoms with E-state index in [4.69, 9.17) is 5.11 Å². The minimum Gasteiger partial charge on any atom is -0.481 e. The summed E-state index contributed by atoms with van der Waals surface area (Å²) in [5.41, 5.74) is 0.717. The number of carbonyl (C=O) groups excluding carboxylic acids is 2. The molecule has 2 amide bonds. The van der Waals surface area contributed by atoms with Gasteiger partial charge in [-0.3, -0.25) is 14.4 Å². The SMILES string of the molecule is CN1CC[C@@H](C(=O)N[C@H](CC(=O)O)c2cccc(Br)c2)CC1=O. The van der Waals surface area contributed by atoms with E-state index in [1.54, 1.807) is 30.1 Å². The summed E-state index contributed by atoms with van der Waals surface area (Å²) in [6.07, 6.45) is 0.551. The van der Waals surface area contributed by atoms with Crippen LogP contribution in [0.2, 0.25) is 0 Å². The Morgan fingerprint density at radius 3 is 2.83 bits per heavy atom. The molecule has 2 rings (SSSR count). The molecule has 23 heavy (non-hydrogen) atoms. The number of nitrogens with one attached hydrogen (secondary N) is 1. The molecule has 0 aliphatic carbocycles. The monoisotopic (exact) mass is 382 g/mol. The summed E-state index contributed by atoms with van der Waals surface area (Å²) in [7, 11) is 1.71. The van der Waals surface area contributed by atoms with Crippen molar-refractivity contribution in [3.8, 4) is 0 Å². The van der Waals surface area contributed by atoms with Crippen molar-refractivity contribution in [2.45, 2.75) is 25.3 Å². The summed E-state index contributed by atoms with van der Waals surface area (Å²) in [4.78, 5) is 36.8. The molecule has 1 aliphatic rings. The van der Waals surface area contributed by atoms with Crippen LogP contribution in [0.5, 0.6) is 0 Å². The summed E-state index contributed by atoms with van der Waals surface area (Å²) in [5.74, 6) is -1.72. The number of carbonyl (C=O) groups is 3. The van der Waals surface area contributed by atoms with Crippen LogP contribution in [-0.4, -0.2) is 41.4 Å². The van der Waals surface area contributed by atoms with Crippen LogP contribution < -0.4 is 5.32 Å². The van der Waals surface area contributed by atoms with Gasteiger partial charge in [0.25, 0.3) is 0 Å². The van der Waals surface area contributed by atoms with E-state index in [9.17, 15) is 14.4 Å². The zero-order chi connectivity index (χ0) is 17.0. The van der Waals surface area contributed by atoms with Gasteiger partial charge in [-0.15, -0.1) is 0 Å². The van der Waals surface area contributed by atoms with E-state index in [2.05, 4.69) is 21.2 Å². The molecular formula is C16H19BrN2O4. The van der Waals surface area contributed by atoms with Crippen molar-refractivity contribution >= 4 is 33.7 Å². The van der Waals surface area contributed by atoms with Crippen LogP contribution in [0.4, 0.5) is 0 Å². The molecule has 1 heterocycles. The van der Waals surface area contributed by atoms with Crippen LogP contribution in [0.15, 0.2) is 28.7 Å². The zero-order valence-corrected chi connectivity index (χ0v) is 14.4. The van der Waals surface area contributed by atoms with Crippen LogP contribution in [0.25, 0.3) is 0 Å². The molecule has 1 fully saturated rings. The second-order valence-corrected chi connectivity index (χ2v) is 6.63. The number of aliphatic carboxylic acids is 1. The third-order valence-electron chi connectivity index (χ3n) is 3.98. The number of nitrogens with zero attached hydrogens (tertiary/aromatic N) is 1. The van der Waals surface area contributed by atoms with Crippen molar-refractivity contribution < 1.29 is 19.5 Å². The van der Waals surface area contributed by atoms with E-state index < -0.39 is 17.9 Å². The molecule has 6 nitrogen and oxygen atoms in total. The van der Waals surface area contributed by atoms with E-state index in [1.165, 1.54) is 0 Å². The van der Waals surface area contributed by atoms with Crippen LogP contribution in [-0.2, 0) is 14.4 Å². The maximum absolute atomic E-state index is 12.4. The lowest BCUT2D eigenvalue weighted by Gasteiger charge is -2.29. The number of piperidine rings is 1. The highest BCUT2D eigenvalue weighted by atomic mass is 79.9. The molecular weight excluding hydrogens is 364 g/mol. The number of likely N-dealkylation sites (tertiary alicyclic amines) is 1. The Kier molecular flexibility index (Phi) is 5.76. The quantitative estimate of drug-likeness (QED) is 0.814. The molecule has 0 aromatic heterocycles. The van der Waals surface area contributed by atoms with E-state index in [1.807, 2.05) is 6.07 Å². The first kappa shape index (κ1) is 17.5. The number of hydrogen-bond donors (Lipinski definition) is 2. The number of halogens is 1. The van der Waals surface area contributed by atoms with Crippen molar-refractivity contribution in [2.75, 3.05) is 13.6 Å². The van der Waals surface area contributed by atoms with Gasteiger partial charge in [0, 0.05) is 30.4 Å². The number of rotatable bonds is 5. The van der Waals surface area contributed by atoms with Crippen molar-refractivity contribution in [1.82, 2.24) is 10.2 Å². The normalized spacial score (nSPS) is 19.3. The highest BCUT2D eigenvalue weighted by Crippen LogP contribution is 2.23. The maximum atomic E-state index is 12.4. The van der Waals surface area contributed by atoms with E-state index in [-0.39, 0.29) is 24.7 Å². The lowest BCUT2D eigenvalue weighted by Crippen LogP contribution is -2.43. The molecule has 0 radical (unpaired) electrons. The van der Waals surface area contributed by atoms with Gasteiger partial charge >= 0.3 is 5.97 Å². The highest BCUT2D eigenvalue weighted by Gasteiger charge is 2.30. The lowest BCUT2D eigenvalue weighted by molar-refractivity contribution is -0.140. The molecule has 2 atom stereocenters.